The van der Waals surface area contributed by atoms with Crippen LogP contribution in [0.5, 0.6) is 0 Å². The maximum Gasteiger partial charge on any atom is 0.114 e. The number of hydrogen-bond acceptors (Lipinski definition) is 2. The SMILES string of the molecule is CC1OCCC1(O)C1=CCCCCC1. The van der Waals surface area contributed by atoms with Gasteiger partial charge in [-0.25, -0.2) is 0 Å². The fourth-order valence-electron chi connectivity index (χ4n) is 2.56. The lowest BCUT2D eigenvalue weighted by Gasteiger charge is -2.29. The first-order valence-corrected chi connectivity index (χ1v) is 5.77. The van der Waals surface area contributed by atoms with E-state index in [1.54, 1.807) is 0 Å². The van der Waals surface area contributed by atoms with E-state index in [2.05, 4.69) is 6.08 Å². The summed E-state index contributed by atoms with van der Waals surface area (Å²) < 4.78 is 5.47. The molecule has 0 radical (unpaired) electrons. The van der Waals surface area contributed by atoms with E-state index in [-0.39, 0.29) is 6.10 Å². The van der Waals surface area contributed by atoms with Crippen LogP contribution in [0.15, 0.2) is 11.6 Å². The summed E-state index contributed by atoms with van der Waals surface area (Å²) in [7, 11) is 0. The molecule has 1 heterocycles. The van der Waals surface area contributed by atoms with E-state index in [9.17, 15) is 5.11 Å². The van der Waals surface area contributed by atoms with Crippen molar-refractivity contribution in [2.45, 2.75) is 57.2 Å². The van der Waals surface area contributed by atoms with Crippen molar-refractivity contribution in [2.75, 3.05) is 6.61 Å². The minimum absolute atomic E-state index is 0.0214. The van der Waals surface area contributed by atoms with E-state index >= 15 is 0 Å². The fraction of sp³-hybridized carbons (Fsp3) is 0.833. The molecule has 0 spiro atoms. The maximum atomic E-state index is 10.5. The van der Waals surface area contributed by atoms with Crippen LogP contribution < -0.4 is 0 Å². The van der Waals surface area contributed by atoms with Crippen LogP contribution in [0, 0.1) is 0 Å². The van der Waals surface area contributed by atoms with Crippen molar-refractivity contribution in [3.05, 3.63) is 11.6 Å². The second-order valence-electron chi connectivity index (χ2n) is 4.52. The summed E-state index contributed by atoms with van der Waals surface area (Å²) in [5.74, 6) is 0. The Morgan fingerprint density at radius 3 is 3.00 bits per heavy atom. The van der Waals surface area contributed by atoms with Crippen molar-refractivity contribution in [3.63, 3.8) is 0 Å². The van der Waals surface area contributed by atoms with Crippen LogP contribution in [0.2, 0.25) is 0 Å². The van der Waals surface area contributed by atoms with Gasteiger partial charge in [0, 0.05) is 6.42 Å². The highest BCUT2D eigenvalue weighted by atomic mass is 16.5. The van der Waals surface area contributed by atoms with Gasteiger partial charge in [-0.1, -0.05) is 12.5 Å². The molecule has 2 atom stereocenters. The number of aliphatic hydroxyl groups is 1. The number of hydrogen-bond donors (Lipinski definition) is 1. The molecule has 0 aromatic heterocycles. The van der Waals surface area contributed by atoms with Crippen molar-refractivity contribution in [2.24, 2.45) is 0 Å². The smallest absolute Gasteiger partial charge is 0.114 e. The first-order chi connectivity index (χ1) is 6.73. The van der Waals surface area contributed by atoms with Crippen molar-refractivity contribution in [1.82, 2.24) is 0 Å². The number of rotatable bonds is 1. The van der Waals surface area contributed by atoms with Crippen molar-refractivity contribution in [1.29, 1.82) is 0 Å². The third-order valence-corrected chi connectivity index (χ3v) is 3.62. The highest BCUT2D eigenvalue weighted by Crippen LogP contribution is 2.36. The van der Waals surface area contributed by atoms with Gasteiger partial charge < -0.3 is 9.84 Å². The molecular weight excluding hydrogens is 176 g/mol. The predicted octanol–water partition coefficient (Wildman–Crippen LogP) is 2.42. The Bertz CT molecular complexity index is 234. The third kappa shape index (κ3) is 1.73. The van der Waals surface area contributed by atoms with Crippen LogP contribution >= 0.6 is 0 Å². The van der Waals surface area contributed by atoms with Crippen molar-refractivity contribution < 1.29 is 9.84 Å². The van der Waals surface area contributed by atoms with Gasteiger partial charge in [-0.2, -0.15) is 0 Å². The Hall–Kier alpha value is -0.340. The van der Waals surface area contributed by atoms with Crippen LogP contribution in [0.1, 0.15) is 45.4 Å². The summed E-state index contributed by atoms with van der Waals surface area (Å²) in [5.41, 5.74) is 0.588. The van der Waals surface area contributed by atoms with Crippen molar-refractivity contribution >= 4 is 0 Å². The molecule has 1 aliphatic carbocycles. The molecule has 2 aliphatic rings. The van der Waals surface area contributed by atoms with Gasteiger partial charge in [-0.05, 0) is 38.2 Å². The monoisotopic (exact) mass is 196 g/mol. The van der Waals surface area contributed by atoms with E-state index < -0.39 is 5.60 Å². The number of allylic oxidation sites excluding steroid dienone is 1. The second-order valence-corrected chi connectivity index (χ2v) is 4.52. The normalized spacial score (nSPS) is 39.3. The minimum Gasteiger partial charge on any atom is -0.383 e. The van der Waals surface area contributed by atoms with E-state index in [0.717, 1.165) is 19.3 Å². The summed E-state index contributed by atoms with van der Waals surface area (Å²) in [6.45, 7) is 2.69. The summed E-state index contributed by atoms with van der Waals surface area (Å²) in [5, 5.41) is 10.5. The molecule has 1 aliphatic heterocycles. The Morgan fingerprint density at radius 1 is 1.43 bits per heavy atom. The molecule has 0 aromatic rings. The van der Waals surface area contributed by atoms with Gasteiger partial charge in [-0.3, -0.25) is 0 Å². The van der Waals surface area contributed by atoms with E-state index in [4.69, 9.17) is 4.74 Å². The van der Waals surface area contributed by atoms with Gasteiger partial charge in [0.2, 0.25) is 0 Å². The molecule has 2 heteroatoms. The molecule has 1 N–H and O–H groups in total. The highest BCUT2D eigenvalue weighted by molar-refractivity contribution is 5.21. The molecule has 0 amide bonds. The summed E-state index contributed by atoms with van der Waals surface area (Å²) in [4.78, 5) is 0. The van der Waals surface area contributed by atoms with Crippen LogP contribution in [-0.2, 0) is 4.74 Å². The van der Waals surface area contributed by atoms with Crippen molar-refractivity contribution in [3.8, 4) is 0 Å². The molecule has 2 nitrogen and oxygen atoms in total. The van der Waals surface area contributed by atoms with Gasteiger partial charge in [0.15, 0.2) is 0 Å². The lowest BCUT2D eigenvalue weighted by Crippen LogP contribution is -2.38. The van der Waals surface area contributed by atoms with Crippen LogP contribution in [-0.4, -0.2) is 23.4 Å². The van der Waals surface area contributed by atoms with Gasteiger partial charge in [0.05, 0.1) is 12.7 Å². The maximum absolute atomic E-state index is 10.5. The third-order valence-electron chi connectivity index (χ3n) is 3.62. The van der Waals surface area contributed by atoms with E-state index in [1.165, 1.54) is 24.8 Å². The first-order valence-electron chi connectivity index (χ1n) is 5.77. The topological polar surface area (TPSA) is 29.5 Å². The Kier molecular flexibility index (Phi) is 2.93. The first kappa shape index (κ1) is 10.2. The van der Waals surface area contributed by atoms with Gasteiger partial charge >= 0.3 is 0 Å². The quantitative estimate of drug-likeness (QED) is 0.653. The average Bonchev–Trinajstić information content (AvgIpc) is 2.47. The molecule has 0 saturated carbocycles. The number of ether oxygens (including phenoxy) is 1. The average molecular weight is 196 g/mol. The zero-order chi connectivity index (χ0) is 10.0. The zero-order valence-corrected chi connectivity index (χ0v) is 8.96. The predicted molar refractivity (Wildman–Crippen MR) is 56.1 cm³/mol. The van der Waals surface area contributed by atoms with Crippen LogP contribution in [0.4, 0.5) is 0 Å². The second kappa shape index (κ2) is 4.03. The molecule has 1 saturated heterocycles. The minimum atomic E-state index is -0.648. The van der Waals surface area contributed by atoms with Gasteiger partial charge in [-0.15, -0.1) is 0 Å². The lowest BCUT2D eigenvalue weighted by molar-refractivity contribution is -0.00309. The largest absolute Gasteiger partial charge is 0.383 e. The Morgan fingerprint density at radius 2 is 2.29 bits per heavy atom. The van der Waals surface area contributed by atoms with Crippen LogP contribution in [0.3, 0.4) is 0 Å². The summed E-state index contributed by atoms with van der Waals surface area (Å²) >= 11 is 0. The van der Waals surface area contributed by atoms with Gasteiger partial charge in [0.1, 0.15) is 5.60 Å². The lowest BCUT2D eigenvalue weighted by atomic mass is 9.85. The molecule has 2 rings (SSSR count). The summed E-state index contributed by atoms with van der Waals surface area (Å²) in [6, 6.07) is 0. The van der Waals surface area contributed by atoms with E-state index in [1.807, 2.05) is 6.92 Å². The molecule has 1 fully saturated rings. The fourth-order valence-corrected chi connectivity index (χ4v) is 2.56. The molecule has 80 valence electrons. The van der Waals surface area contributed by atoms with Gasteiger partial charge in [0.25, 0.3) is 0 Å². The van der Waals surface area contributed by atoms with Crippen LogP contribution in [0.25, 0.3) is 0 Å². The molecule has 14 heavy (non-hydrogen) atoms. The Balaban J connectivity index is 2.15. The summed E-state index contributed by atoms with van der Waals surface area (Å²) in [6.07, 6.45) is 8.99. The molecule has 0 bridgehead atoms. The van der Waals surface area contributed by atoms with E-state index in [0.29, 0.717) is 6.61 Å². The molecule has 2 unspecified atom stereocenters. The Labute approximate surface area is 86.0 Å². The molecule has 0 aromatic carbocycles. The standard InChI is InChI=1S/C12H20O2/c1-10-12(13,8-9-14-10)11-6-4-2-3-5-7-11/h6,10,13H,2-5,7-9H2,1H3. The zero-order valence-electron chi connectivity index (χ0n) is 8.96. The highest BCUT2D eigenvalue weighted by Gasteiger charge is 2.42. The molecular formula is C12H20O2.